The van der Waals surface area contributed by atoms with E-state index in [4.69, 9.17) is 0 Å². The average molecular weight is 533 g/mol. The van der Waals surface area contributed by atoms with Gasteiger partial charge in [0.25, 0.3) is 5.56 Å². The van der Waals surface area contributed by atoms with Crippen molar-refractivity contribution in [1.29, 1.82) is 0 Å². The summed E-state index contributed by atoms with van der Waals surface area (Å²) in [6.45, 7) is 2.82. The third kappa shape index (κ3) is 4.86. The van der Waals surface area contributed by atoms with Crippen LogP contribution in [0.5, 0.6) is 0 Å². The smallest absolute Gasteiger partial charge is 0.318 e. The number of aromatic amines is 1. The first-order valence-corrected chi connectivity index (χ1v) is 13.3. The maximum Gasteiger partial charge on any atom is 0.330 e. The number of rotatable bonds is 9. The van der Waals surface area contributed by atoms with E-state index in [0.717, 1.165) is 40.2 Å². The Kier molecular flexibility index (Phi) is 6.88. The van der Waals surface area contributed by atoms with Gasteiger partial charge in [0.05, 0.1) is 5.69 Å². The highest BCUT2D eigenvalue weighted by Gasteiger charge is 2.18. The van der Waals surface area contributed by atoms with Crippen molar-refractivity contribution in [2.45, 2.75) is 39.3 Å². The first kappa shape index (κ1) is 25.2. The van der Waals surface area contributed by atoms with Gasteiger partial charge in [-0.2, -0.15) is 4.68 Å². The fraction of sp³-hybridized carbons (Fsp3) is 0.200. The molecule has 0 aliphatic rings. The van der Waals surface area contributed by atoms with Gasteiger partial charge in [0.15, 0.2) is 11.2 Å². The van der Waals surface area contributed by atoms with Crippen molar-refractivity contribution >= 4 is 11.2 Å². The number of fused-ring (bicyclic) bond motifs is 1. The number of aryl methyl sites for hydroxylation is 2. The molecule has 6 aromatic rings. The predicted octanol–water partition coefficient (Wildman–Crippen LogP) is 3.77. The van der Waals surface area contributed by atoms with E-state index in [-0.39, 0.29) is 12.1 Å². The number of para-hydroxylation sites is 1. The first-order chi connectivity index (χ1) is 19.6. The molecule has 3 heterocycles. The second kappa shape index (κ2) is 10.9. The molecular weight excluding hydrogens is 504 g/mol. The maximum absolute atomic E-state index is 13.7. The van der Waals surface area contributed by atoms with E-state index in [1.807, 2.05) is 71.3 Å². The zero-order valence-electron chi connectivity index (χ0n) is 22.1. The lowest BCUT2D eigenvalue weighted by molar-refractivity contribution is 0.630. The van der Waals surface area contributed by atoms with E-state index in [9.17, 15) is 9.59 Å². The predicted molar refractivity (Wildman–Crippen MR) is 152 cm³/mol. The van der Waals surface area contributed by atoms with Gasteiger partial charge >= 0.3 is 5.69 Å². The monoisotopic (exact) mass is 532 g/mol. The first-order valence-electron chi connectivity index (χ1n) is 13.3. The zero-order chi connectivity index (χ0) is 27.5. The lowest BCUT2D eigenvalue weighted by Gasteiger charge is -2.12. The zero-order valence-corrected chi connectivity index (χ0v) is 22.1. The highest BCUT2D eigenvalue weighted by atomic mass is 16.2. The molecule has 0 bridgehead atoms. The lowest BCUT2D eigenvalue weighted by atomic mass is 10.0. The summed E-state index contributed by atoms with van der Waals surface area (Å²) < 4.78 is 4.86. The molecule has 0 radical (unpaired) electrons. The van der Waals surface area contributed by atoms with Crippen molar-refractivity contribution in [3.63, 3.8) is 0 Å². The molecule has 1 N–H and O–H groups in total. The molecule has 10 heteroatoms. The summed E-state index contributed by atoms with van der Waals surface area (Å²) in [4.78, 5) is 34.0. The number of H-pyrrole nitrogens is 1. The van der Waals surface area contributed by atoms with Crippen molar-refractivity contribution in [1.82, 2.24) is 39.3 Å². The standard InChI is InChI=1S/C30H28N8O2/c1-2-8-26-32-28-27(29(39)36(30(40)33-28)18-17-21-9-4-3-5-10-21)37(26)19-22-13-15-23(16-14-22)24-11-6-7-12-25(24)38-20-31-34-35-38/h3-7,9-16,20H,2,8,17-19H2,1H3,(H,33,40). The second-order valence-electron chi connectivity index (χ2n) is 9.65. The normalized spacial score (nSPS) is 11.3. The SMILES string of the molecule is CCCc1nc2[nH]c(=O)n(CCc3ccccc3)c(=O)c2n1Cc1ccc(-c2ccccc2-n2cnnn2)cc1. The van der Waals surface area contributed by atoms with Crippen molar-refractivity contribution in [2.24, 2.45) is 0 Å². The summed E-state index contributed by atoms with van der Waals surface area (Å²) in [5, 5.41) is 11.6. The van der Waals surface area contributed by atoms with Crippen molar-refractivity contribution in [2.75, 3.05) is 0 Å². The van der Waals surface area contributed by atoms with Gasteiger partial charge in [-0.3, -0.25) is 14.3 Å². The molecule has 3 aromatic heterocycles. The Balaban J connectivity index is 1.35. The largest absolute Gasteiger partial charge is 0.330 e. The van der Waals surface area contributed by atoms with Crippen LogP contribution in [-0.2, 0) is 25.9 Å². The van der Waals surface area contributed by atoms with E-state index < -0.39 is 5.69 Å². The van der Waals surface area contributed by atoms with E-state index in [2.05, 4.69) is 44.5 Å². The maximum atomic E-state index is 13.7. The van der Waals surface area contributed by atoms with Crippen LogP contribution in [0.3, 0.4) is 0 Å². The highest BCUT2D eigenvalue weighted by molar-refractivity contribution is 5.73. The summed E-state index contributed by atoms with van der Waals surface area (Å²) in [6, 6.07) is 26.0. The number of imidazole rings is 1. The van der Waals surface area contributed by atoms with Crippen molar-refractivity contribution in [3.05, 3.63) is 123 Å². The number of aromatic nitrogens is 8. The molecule has 0 amide bonds. The molecule has 10 nitrogen and oxygen atoms in total. The molecule has 0 saturated carbocycles. The number of tetrazole rings is 1. The Morgan fingerprint density at radius 1 is 0.825 bits per heavy atom. The molecular formula is C30H28N8O2. The molecule has 0 aliphatic heterocycles. The van der Waals surface area contributed by atoms with Crippen LogP contribution in [0.25, 0.3) is 28.0 Å². The summed E-state index contributed by atoms with van der Waals surface area (Å²) >= 11 is 0. The van der Waals surface area contributed by atoms with E-state index in [1.165, 1.54) is 4.57 Å². The van der Waals surface area contributed by atoms with Crippen LogP contribution in [0.4, 0.5) is 0 Å². The minimum Gasteiger partial charge on any atom is -0.318 e. The van der Waals surface area contributed by atoms with Gasteiger partial charge in [-0.1, -0.05) is 79.7 Å². The van der Waals surface area contributed by atoms with Crippen molar-refractivity contribution < 1.29 is 0 Å². The number of nitrogens with one attached hydrogen (secondary N) is 1. The van der Waals surface area contributed by atoms with Crippen LogP contribution in [0.2, 0.25) is 0 Å². The number of hydrogen-bond acceptors (Lipinski definition) is 6. The Morgan fingerprint density at radius 3 is 2.35 bits per heavy atom. The minimum absolute atomic E-state index is 0.289. The number of hydrogen-bond donors (Lipinski definition) is 1. The van der Waals surface area contributed by atoms with E-state index in [0.29, 0.717) is 30.6 Å². The van der Waals surface area contributed by atoms with Gasteiger partial charge in [-0.05, 0) is 46.0 Å². The average Bonchev–Trinajstić information content (AvgIpc) is 3.63. The molecule has 3 aromatic carbocycles. The Hall–Kier alpha value is -5.12. The van der Waals surface area contributed by atoms with Crippen LogP contribution in [0.1, 0.15) is 30.3 Å². The van der Waals surface area contributed by atoms with E-state index >= 15 is 0 Å². The second-order valence-corrected chi connectivity index (χ2v) is 9.65. The molecule has 40 heavy (non-hydrogen) atoms. The third-order valence-corrected chi connectivity index (χ3v) is 7.01. The lowest BCUT2D eigenvalue weighted by Crippen LogP contribution is -2.36. The van der Waals surface area contributed by atoms with Crippen LogP contribution in [0, 0.1) is 0 Å². The highest BCUT2D eigenvalue weighted by Crippen LogP contribution is 2.27. The summed E-state index contributed by atoms with van der Waals surface area (Å²) in [5.74, 6) is 0.777. The third-order valence-electron chi connectivity index (χ3n) is 7.01. The minimum atomic E-state index is -0.438. The summed E-state index contributed by atoms with van der Waals surface area (Å²) in [5.41, 5.74) is 4.98. The molecule has 0 saturated heterocycles. The molecule has 200 valence electrons. The Bertz CT molecular complexity index is 1870. The van der Waals surface area contributed by atoms with Crippen molar-refractivity contribution in [3.8, 4) is 16.8 Å². The van der Waals surface area contributed by atoms with Crippen LogP contribution < -0.4 is 11.2 Å². The van der Waals surface area contributed by atoms with Crippen LogP contribution in [-0.4, -0.2) is 39.3 Å². The summed E-state index contributed by atoms with van der Waals surface area (Å²) in [6.07, 6.45) is 3.71. The Labute approximate surface area is 229 Å². The van der Waals surface area contributed by atoms with Gasteiger partial charge in [0.2, 0.25) is 0 Å². The molecule has 0 unspecified atom stereocenters. The fourth-order valence-corrected chi connectivity index (χ4v) is 5.03. The van der Waals surface area contributed by atoms with Gasteiger partial charge < -0.3 is 4.57 Å². The number of nitrogens with zero attached hydrogens (tertiary/aromatic N) is 7. The van der Waals surface area contributed by atoms with Gasteiger partial charge in [-0.15, -0.1) is 5.10 Å². The number of benzene rings is 3. The summed E-state index contributed by atoms with van der Waals surface area (Å²) in [7, 11) is 0. The van der Waals surface area contributed by atoms with Gasteiger partial charge in [0, 0.05) is 25.1 Å². The topological polar surface area (TPSA) is 116 Å². The van der Waals surface area contributed by atoms with Gasteiger partial charge in [-0.25, -0.2) is 9.78 Å². The molecule has 0 aliphatic carbocycles. The van der Waals surface area contributed by atoms with Crippen LogP contribution >= 0.6 is 0 Å². The van der Waals surface area contributed by atoms with Crippen LogP contribution in [0.15, 0.2) is 94.8 Å². The molecule has 0 atom stereocenters. The van der Waals surface area contributed by atoms with E-state index in [1.54, 1.807) is 11.0 Å². The molecule has 0 fully saturated rings. The molecule has 6 rings (SSSR count). The Morgan fingerprint density at radius 2 is 1.60 bits per heavy atom. The fourth-order valence-electron chi connectivity index (χ4n) is 5.03. The molecule has 0 spiro atoms. The van der Waals surface area contributed by atoms with Gasteiger partial charge in [0.1, 0.15) is 12.2 Å². The quantitative estimate of drug-likeness (QED) is 0.303.